The maximum Gasteiger partial charge on any atom is 0.336 e. The summed E-state index contributed by atoms with van der Waals surface area (Å²) in [5.74, 6) is -0.398. The van der Waals surface area contributed by atoms with Crippen molar-refractivity contribution in [3.8, 4) is 11.5 Å². The Bertz CT molecular complexity index is 1600. The van der Waals surface area contributed by atoms with Crippen molar-refractivity contribution in [3.63, 3.8) is 0 Å². The van der Waals surface area contributed by atoms with Gasteiger partial charge in [-0.1, -0.05) is 41.4 Å². The minimum atomic E-state index is -0.601. The summed E-state index contributed by atoms with van der Waals surface area (Å²) in [4.78, 5) is 37.4. The van der Waals surface area contributed by atoms with E-state index >= 15 is 0 Å². The Morgan fingerprint density at radius 3 is 2.17 bits per heavy atom. The van der Waals surface area contributed by atoms with Gasteiger partial charge in [0.2, 0.25) is 0 Å². The number of amides is 2. The summed E-state index contributed by atoms with van der Waals surface area (Å²) >= 11 is 6.11. The standard InChI is InChI=1S/C32H26ClN3O5/c1-21-3-8-23(9-4-21)31(38)35-27-13-10-24(11-14-27)32(39)36-34-20-25-19-26(33)12-17-29(25)41-30(37)18-7-22-5-15-28(40-2)16-6-22/h3-20H,1-2H3,(H,35,38)(H,36,39)/b18-7+,34-20+. The van der Waals surface area contributed by atoms with Crippen LogP contribution in [-0.2, 0) is 4.79 Å². The highest BCUT2D eigenvalue weighted by molar-refractivity contribution is 6.31. The molecule has 4 aromatic carbocycles. The normalized spacial score (nSPS) is 10.9. The summed E-state index contributed by atoms with van der Waals surface area (Å²) in [6.07, 6.45) is 4.24. The predicted molar refractivity (Wildman–Crippen MR) is 160 cm³/mol. The van der Waals surface area contributed by atoms with Gasteiger partial charge in [0.25, 0.3) is 11.8 Å². The van der Waals surface area contributed by atoms with E-state index in [0.29, 0.717) is 33.1 Å². The molecule has 0 aliphatic rings. The monoisotopic (exact) mass is 567 g/mol. The van der Waals surface area contributed by atoms with Gasteiger partial charge in [-0.3, -0.25) is 9.59 Å². The Morgan fingerprint density at radius 2 is 1.49 bits per heavy atom. The molecule has 2 N–H and O–H groups in total. The van der Waals surface area contributed by atoms with Crippen molar-refractivity contribution in [2.75, 3.05) is 12.4 Å². The number of esters is 1. The second-order valence-corrected chi connectivity index (χ2v) is 9.24. The maximum absolute atomic E-state index is 12.6. The molecule has 0 aliphatic heterocycles. The third kappa shape index (κ3) is 8.39. The number of hydrazone groups is 1. The number of carbonyl (C=O) groups excluding carboxylic acids is 3. The van der Waals surface area contributed by atoms with Crippen LogP contribution in [0.15, 0.2) is 102 Å². The third-order valence-corrected chi connectivity index (χ3v) is 6.03. The number of ether oxygens (including phenoxy) is 2. The van der Waals surface area contributed by atoms with Crippen LogP contribution in [0, 0.1) is 6.92 Å². The van der Waals surface area contributed by atoms with Crippen molar-refractivity contribution in [1.82, 2.24) is 5.43 Å². The molecule has 0 bridgehead atoms. The van der Waals surface area contributed by atoms with Gasteiger partial charge in [-0.05, 0) is 85.3 Å². The molecule has 0 aromatic heterocycles. The fourth-order valence-electron chi connectivity index (χ4n) is 3.57. The predicted octanol–water partition coefficient (Wildman–Crippen LogP) is 6.29. The van der Waals surface area contributed by atoms with Gasteiger partial charge < -0.3 is 14.8 Å². The minimum absolute atomic E-state index is 0.213. The molecule has 0 saturated carbocycles. The zero-order chi connectivity index (χ0) is 29.2. The zero-order valence-electron chi connectivity index (χ0n) is 22.3. The first-order valence-electron chi connectivity index (χ1n) is 12.5. The molecule has 9 heteroatoms. The zero-order valence-corrected chi connectivity index (χ0v) is 23.0. The highest BCUT2D eigenvalue weighted by atomic mass is 35.5. The molecular weight excluding hydrogens is 542 g/mol. The Balaban J connectivity index is 1.35. The summed E-state index contributed by atoms with van der Waals surface area (Å²) in [5, 5.41) is 7.17. The molecule has 0 fully saturated rings. The quantitative estimate of drug-likeness (QED) is 0.0812. The molecule has 4 aromatic rings. The Hall–Kier alpha value is -5.21. The van der Waals surface area contributed by atoms with E-state index in [-0.39, 0.29) is 11.7 Å². The van der Waals surface area contributed by atoms with Crippen molar-refractivity contribution >= 4 is 47.4 Å². The van der Waals surface area contributed by atoms with Gasteiger partial charge in [-0.2, -0.15) is 5.10 Å². The van der Waals surface area contributed by atoms with E-state index in [0.717, 1.165) is 11.1 Å². The van der Waals surface area contributed by atoms with E-state index in [1.165, 1.54) is 18.4 Å². The number of anilines is 1. The lowest BCUT2D eigenvalue weighted by Crippen LogP contribution is -2.18. The van der Waals surface area contributed by atoms with Crippen LogP contribution in [0.3, 0.4) is 0 Å². The summed E-state index contributed by atoms with van der Waals surface area (Å²) < 4.78 is 10.6. The number of rotatable bonds is 9. The van der Waals surface area contributed by atoms with Gasteiger partial charge in [-0.25, -0.2) is 10.2 Å². The number of benzene rings is 4. The van der Waals surface area contributed by atoms with Gasteiger partial charge in [-0.15, -0.1) is 0 Å². The molecule has 2 amide bonds. The van der Waals surface area contributed by atoms with E-state index < -0.39 is 11.9 Å². The molecule has 206 valence electrons. The van der Waals surface area contributed by atoms with Crippen LogP contribution in [0.1, 0.15) is 37.4 Å². The number of nitrogens with zero attached hydrogens (tertiary/aromatic N) is 1. The van der Waals surface area contributed by atoms with E-state index in [2.05, 4.69) is 15.8 Å². The van der Waals surface area contributed by atoms with E-state index in [9.17, 15) is 14.4 Å². The number of carbonyl (C=O) groups is 3. The SMILES string of the molecule is COc1ccc(/C=C/C(=O)Oc2ccc(Cl)cc2/C=N/NC(=O)c2ccc(NC(=O)c3ccc(C)cc3)cc2)cc1. The van der Waals surface area contributed by atoms with E-state index in [4.69, 9.17) is 21.1 Å². The van der Waals surface area contributed by atoms with Gasteiger partial charge in [0.15, 0.2) is 0 Å². The number of nitrogens with one attached hydrogen (secondary N) is 2. The molecule has 0 aliphatic carbocycles. The van der Waals surface area contributed by atoms with Gasteiger partial charge in [0.1, 0.15) is 11.5 Å². The first-order chi connectivity index (χ1) is 19.8. The number of halogens is 1. The lowest BCUT2D eigenvalue weighted by atomic mass is 10.1. The fourth-order valence-corrected chi connectivity index (χ4v) is 3.75. The van der Waals surface area contributed by atoms with Crippen LogP contribution in [0.5, 0.6) is 11.5 Å². The summed E-state index contributed by atoms with van der Waals surface area (Å²) in [6, 6.07) is 25.4. The van der Waals surface area contributed by atoms with Crippen LogP contribution in [0.25, 0.3) is 6.08 Å². The smallest absolute Gasteiger partial charge is 0.336 e. The summed E-state index contributed by atoms with van der Waals surface area (Å²) in [5.41, 5.74) is 6.08. The average molecular weight is 568 g/mol. The molecule has 8 nitrogen and oxygen atoms in total. The molecule has 4 rings (SSSR count). The van der Waals surface area contributed by atoms with E-state index in [1.54, 1.807) is 86.0 Å². The summed E-state index contributed by atoms with van der Waals surface area (Å²) in [7, 11) is 1.58. The van der Waals surface area contributed by atoms with Gasteiger partial charge in [0, 0.05) is 33.5 Å². The molecule has 0 spiro atoms. The molecule has 41 heavy (non-hydrogen) atoms. The number of methoxy groups -OCH3 is 1. The topological polar surface area (TPSA) is 106 Å². The third-order valence-electron chi connectivity index (χ3n) is 5.80. The van der Waals surface area contributed by atoms with Gasteiger partial charge in [0.05, 0.1) is 13.3 Å². The Morgan fingerprint density at radius 1 is 0.829 bits per heavy atom. The van der Waals surface area contributed by atoms with Crippen molar-refractivity contribution in [2.24, 2.45) is 5.10 Å². The number of aryl methyl sites for hydroxylation is 1. The lowest BCUT2D eigenvalue weighted by Gasteiger charge is -2.07. The Kier molecular flexibility index (Phi) is 9.64. The van der Waals surface area contributed by atoms with Crippen molar-refractivity contribution in [3.05, 3.63) is 130 Å². The van der Waals surface area contributed by atoms with E-state index in [1.807, 2.05) is 19.1 Å². The highest BCUT2D eigenvalue weighted by Gasteiger charge is 2.10. The maximum atomic E-state index is 12.6. The molecule has 0 heterocycles. The average Bonchev–Trinajstić information content (AvgIpc) is 2.98. The van der Waals surface area contributed by atoms with Crippen LogP contribution in [0.2, 0.25) is 5.02 Å². The molecule has 0 atom stereocenters. The van der Waals surface area contributed by atoms with Crippen LogP contribution >= 0.6 is 11.6 Å². The highest BCUT2D eigenvalue weighted by Crippen LogP contribution is 2.22. The largest absolute Gasteiger partial charge is 0.497 e. The second-order valence-electron chi connectivity index (χ2n) is 8.81. The number of hydrogen-bond donors (Lipinski definition) is 2. The molecular formula is C32H26ClN3O5. The van der Waals surface area contributed by atoms with Crippen LogP contribution in [-0.4, -0.2) is 31.1 Å². The van der Waals surface area contributed by atoms with Gasteiger partial charge >= 0.3 is 5.97 Å². The molecule has 0 radical (unpaired) electrons. The Labute approximate surface area is 242 Å². The van der Waals surface area contributed by atoms with Crippen LogP contribution in [0.4, 0.5) is 5.69 Å². The first kappa shape index (κ1) is 28.8. The molecule has 0 unspecified atom stereocenters. The number of hydrogen-bond acceptors (Lipinski definition) is 6. The minimum Gasteiger partial charge on any atom is -0.497 e. The fraction of sp³-hybridized carbons (Fsp3) is 0.0625. The second kappa shape index (κ2) is 13.7. The first-order valence-corrected chi connectivity index (χ1v) is 12.8. The van der Waals surface area contributed by atoms with Crippen LogP contribution < -0.4 is 20.2 Å². The summed E-state index contributed by atoms with van der Waals surface area (Å²) in [6.45, 7) is 1.95. The molecule has 0 saturated heterocycles. The van der Waals surface area contributed by atoms with Crippen molar-refractivity contribution in [1.29, 1.82) is 0 Å². The lowest BCUT2D eigenvalue weighted by molar-refractivity contribution is -0.128. The van der Waals surface area contributed by atoms with Crippen molar-refractivity contribution in [2.45, 2.75) is 6.92 Å². The van der Waals surface area contributed by atoms with Crippen molar-refractivity contribution < 1.29 is 23.9 Å².